The number of imide groups is 2. The second-order valence-corrected chi connectivity index (χ2v) is 16.1. The number of para-hydroxylation sites is 1. The molecule has 0 aromatic heterocycles. The Morgan fingerprint density at radius 3 is 1.96 bits per heavy atom. The molecule has 2 atom stereocenters. The average Bonchev–Trinajstić information content (AvgIpc) is 3.23. The van der Waals surface area contributed by atoms with E-state index in [-0.39, 0.29) is 30.7 Å². The van der Waals surface area contributed by atoms with Gasteiger partial charge in [0.2, 0.25) is 5.91 Å². The van der Waals surface area contributed by atoms with Crippen LogP contribution < -0.4 is 16.4 Å². The third kappa shape index (κ3) is 7.41. The van der Waals surface area contributed by atoms with E-state index in [4.69, 9.17) is 5.73 Å². The minimum Gasteiger partial charge on any atom is -0.481 e. The fraction of sp³-hybridized carbons (Fsp3) is 0.538. The van der Waals surface area contributed by atoms with Gasteiger partial charge in [0.1, 0.15) is 11.6 Å². The van der Waals surface area contributed by atoms with Crippen LogP contribution in [0.25, 0.3) is 0 Å². The van der Waals surface area contributed by atoms with Crippen molar-refractivity contribution in [1.29, 1.82) is 0 Å². The molecule has 7 rings (SSSR count). The predicted molar refractivity (Wildman–Crippen MR) is 194 cm³/mol. The van der Waals surface area contributed by atoms with Gasteiger partial charge in [0.05, 0.1) is 12.5 Å². The lowest BCUT2D eigenvalue weighted by Gasteiger charge is -2.57. The monoisotopic (exact) mass is 714 g/mol. The first-order chi connectivity index (χ1) is 24.6. The molecule has 1 heterocycles. The van der Waals surface area contributed by atoms with Gasteiger partial charge in [0.15, 0.2) is 0 Å². The van der Waals surface area contributed by atoms with Crippen molar-refractivity contribution in [2.45, 2.75) is 103 Å². The van der Waals surface area contributed by atoms with Crippen molar-refractivity contribution in [3.63, 3.8) is 0 Å². The molecule has 1 saturated heterocycles. The number of nitrogens with zero attached hydrogens (tertiary/aromatic N) is 3. The molecule has 7 amide bonds. The van der Waals surface area contributed by atoms with E-state index in [1.165, 1.54) is 9.80 Å². The maximum atomic E-state index is 14.9. The van der Waals surface area contributed by atoms with Gasteiger partial charge < -0.3 is 26.4 Å². The summed E-state index contributed by atoms with van der Waals surface area (Å²) in [7, 11) is 0. The van der Waals surface area contributed by atoms with E-state index in [1.54, 1.807) is 50.2 Å². The van der Waals surface area contributed by atoms with Crippen LogP contribution >= 0.6 is 0 Å². The first-order valence-corrected chi connectivity index (χ1v) is 18.4. The lowest BCUT2D eigenvalue weighted by molar-refractivity contribution is -0.164. The van der Waals surface area contributed by atoms with Gasteiger partial charge in [-0.3, -0.25) is 24.1 Å². The second-order valence-electron chi connectivity index (χ2n) is 16.1. The number of hydrogen-bond acceptors (Lipinski definition) is 7. The molecule has 278 valence electrons. The number of carboxylic acids is 1. The molecule has 0 radical (unpaired) electrons. The number of amides is 7. The predicted octanol–water partition coefficient (Wildman–Crippen LogP) is 5.27. The highest BCUT2D eigenvalue weighted by Crippen LogP contribution is 2.55. The van der Waals surface area contributed by atoms with Crippen LogP contribution in [0.3, 0.4) is 0 Å². The van der Waals surface area contributed by atoms with Crippen LogP contribution in [-0.4, -0.2) is 79.2 Å². The topological polar surface area (TPSA) is 182 Å². The van der Waals surface area contributed by atoms with Gasteiger partial charge in [-0.25, -0.2) is 14.5 Å². The van der Waals surface area contributed by atoms with Gasteiger partial charge in [-0.15, -0.1) is 0 Å². The number of urea groups is 2. The molecule has 5 fully saturated rings. The minimum atomic E-state index is -1.45. The molecule has 1 aliphatic heterocycles. The summed E-state index contributed by atoms with van der Waals surface area (Å²) in [5, 5.41) is 15.0. The first kappa shape index (κ1) is 37.0. The number of hydrogen-bond donors (Lipinski definition) is 4. The Kier molecular flexibility index (Phi) is 10.4. The molecule has 13 heteroatoms. The molecule has 4 bridgehead atoms. The lowest BCUT2D eigenvalue weighted by atomic mass is 9.53. The number of carbonyl (C=O) groups is 6. The second kappa shape index (κ2) is 14.7. The Morgan fingerprint density at radius 1 is 0.865 bits per heavy atom. The van der Waals surface area contributed by atoms with E-state index in [0.29, 0.717) is 28.8 Å². The van der Waals surface area contributed by atoms with E-state index in [1.807, 2.05) is 32.0 Å². The number of nitrogens with one attached hydrogen (secondary N) is 2. The summed E-state index contributed by atoms with van der Waals surface area (Å²) in [5.41, 5.74) is 6.72. The Balaban J connectivity index is 1.24. The Bertz CT molecular complexity index is 1680. The smallest absolute Gasteiger partial charge is 0.328 e. The molecule has 0 spiro atoms. The normalized spacial score (nSPS) is 25.6. The standard InChI is InChI=1S/C39H50N6O7/c1-22(2)14-31(35(49)45(34(48)30(40)20-32(46)47)33-26-16-24-15-25(18-26)19-27(33)17-24)44-36(50)39(3,4)43(38(44)52)21-23-10-12-29(13-11-23)42-37(51)41-28-8-6-5-7-9-28/h5-13,22,24-27,30-31,33H,14-21,40H2,1-4H3,(H,46,47)(H2,41,42,51)/t24?,25?,26?,27?,30-,31-,33?/m0/s1. The number of anilines is 2. The van der Waals surface area contributed by atoms with E-state index < -0.39 is 65.8 Å². The SMILES string of the molecule is CC(C)C[C@@H](C(=O)N(C(=O)[C@@H](N)CC(=O)O)C1C2CC3CC(C2)CC1C3)N1C(=O)N(Cc2ccc(NC(=O)Nc3ccccc3)cc2)C(C)(C)C1=O. The van der Waals surface area contributed by atoms with Crippen molar-refractivity contribution >= 4 is 47.1 Å². The fourth-order valence-electron chi connectivity index (χ4n) is 9.20. The Hall–Kier alpha value is -4.78. The summed E-state index contributed by atoms with van der Waals surface area (Å²) in [5.74, 6) is -2.15. The zero-order valence-electron chi connectivity index (χ0n) is 30.3. The molecule has 2 aromatic rings. The van der Waals surface area contributed by atoms with Crippen LogP contribution in [0.15, 0.2) is 54.6 Å². The Labute approximate surface area is 304 Å². The first-order valence-electron chi connectivity index (χ1n) is 18.4. The van der Waals surface area contributed by atoms with Crippen molar-refractivity contribution in [2.75, 3.05) is 10.6 Å². The van der Waals surface area contributed by atoms with E-state index >= 15 is 0 Å². The van der Waals surface area contributed by atoms with Gasteiger partial charge >= 0.3 is 18.0 Å². The number of benzene rings is 2. The van der Waals surface area contributed by atoms with Crippen molar-refractivity contribution in [2.24, 2.45) is 35.3 Å². The molecular formula is C39H50N6O7. The quantitative estimate of drug-likeness (QED) is 0.215. The van der Waals surface area contributed by atoms with E-state index in [9.17, 15) is 33.9 Å². The maximum absolute atomic E-state index is 14.9. The van der Waals surface area contributed by atoms with Crippen molar-refractivity contribution < 1.29 is 33.9 Å². The van der Waals surface area contributed by atoms with E-state index in [2.05, 4.69) is 10.6 Å². The van der Waals surface area contributed by atoms with Crippen LogP contribution in [0.5, 0.6) is 0 Å². The number of nitrogens with two attached hydrogens (primary N) is 1. The lowest BCUT2D eigenvalue weighted by Crippen LogP contribution is -2.65. The average molecular weight is 715 g/mol. The molecule has 4 saturated carbocycles. The molecule has 2 aromatic carbocycles. The van der Waals surface area contributed by atoms with Crippen molar-refractivity contribution in [3.8, 4) is 0 Å². The minimum absolute atomic E-state index is 0.0504. The van der Waals surface area contributed by atoms with Crippen molar-refractivity contribution in [3.05, 3.63) is 60.2 Å². The summed E-state index contributed by atoms with van der Waals surface area (Å²) in [6.45, 7) is 7.09. The zero-order valence-corrected chi connectivity index (χ0v) is 30.3. The molecular weight excluding hydrogens is 664 g/mol. The van der Waals surface area contributed by atoms with Crippen LogP contribution in [-0.2, 0) is 25.7 Å². The number of carboxylic acid groups (broad SMARTS) is 1. The van der Waals surface area contributed by atoms with E-state index in [0.717, 1.165) is 37.0 Å². The molecule has 4 aliphatic carbocycles. The highest BCUT2D eigenvalue weighted by Gasteiger charge is 2.58. The number of rotatable bonds is 12. The highest BCUT2D eigenvalue weighted by atomic mass is 16.4. The summed E-state index contributed by atoms with van der Waals surface area (Å²) >= 11 is 0. The zero-order chi connectivity index (χ0) is 37.5. The van der Waals surface area contributed by atoms with Crippen LogP contribution in [0.4, 0.5) is 21.0 Å². The molecule has 13 nitrogen and oxygen atoms in total. The van der Waals surface area contributed by atoms with Gasteiger partial charge in [-0.2, -0.15) is 0 Å². The fourth-order valence-corrected chi connectivity index (χ4v) is 9.20. The highest BCUT2D eigenvalue weighted by molar-refractivity contribution is 6.11. The molecule has 0 unspecified atom stereocenters. The van der Waals surface area contributed by atoms with Gasteiger partial charge in [0.25, 0.3) is 11.8 Å². The van der Waals surface area contributed by atoms with Gasteiger partial charge in [-0.05, 0) is 112 Å². The van der Waals surface area contributed by atoms with Gasteiger partial charge in [-0.1, -0.05) is 44.2 Å². The van der Waals surface area contributed by atoms with Crippen LogP contribution in [0.1, 0.15) is 78.2 Å². The third-order valence-electron chi connectivity index (χ3n) is 11.4. The Morgan fingerprint density at radius 2 is 1.42 bits per heavy atom. The summed E-state index contributed by atoms with van der Waals surface area (Å²) < 4.78 is 0. The summed E-state index contributed by atoms with van der Waals surface area (Å²) in [4.78, 5) is 85.4. The largest absolute Gasteiger partial charge is 0.481 e. The summed E-state index contributed by atoms with van der Waals surface area (Å²) in [6.07, 6.45) is 4.16. The van der Waals surface area contributed by atoms with Crippen molar-refractivity contribution in [1.82, 2.24) is 14.7 Å². The third-order valence-corrected chi connectivity index (χ3v) is 11.4. The molecule has 5 N–H and O–H groups in total. The van der Waals surface area contributed by atoms with Gasteiger partial charge in [0, 0.05) is 24.0 Å². The van der Waals surface area contributed by atoms with Crippen LogP contribution in [0, 0.1) is 29.6 Å². The molecule has 5 aliphatic rings. The number of aliphatic carboxylic acids is 1. The maximum Gasteiger partial charge on any atom is 0.328 e. The summed E-state index contributed by atoms with van der Waals surface area (Å²) in [6, 6.07) is 11.7. The molecule has 52 heavy (non-hydrogen) atoms. The van der Waals surface area contributed by atoms with Crippen LogP contribution in [0.2, 0.25) is 0 Å². The number of carbonyl (C=O) groups excluding carboxylic acids is 5.